The summed E-state index contributed by atoms with van der Waals surface area (Å²) in [6, 6.07) is 11.2. The van der Waals surface area contributed by atoms with Crippen LogP contribution >= 0.6 is 11.8 Å². The maximum atomic E-state index is 12.2. The second kappa shape index (κ2) is 7.49. The minimum atomic E-state index is -0.258. The Morgan fingerprint density at radius 1 is 1.33 bits per heavy atom. The zero-order valence-corrected chi connectivity index (χ0v) is 14.2. The lowest BCUT2D eigenvalue weighted by Gasteiger charge is -2.24. The van der Waals surface area contributed by atoms with Crippen molar-refractivity contribution in [3.05, 3.63) is 59.9 Å². The van der Waals surface area contributed by atoms with Gasteiger partial charge in [-0.2, -0.15) is 0 Å². The van der Waals surface area contributed by atoms with Gasteiger partial charge in [0.05, 0.1) is 5.75 Å². The summed E-state index contributed by atoms with van der Waals surface area (Å²) >= 11 is 1.60. The fraction of sp³-hybridized carbons (Fsp3) is 0.278. The molecule has 0 N–H and O–H groups in total. The Bertz CT molecular complexity index is 719. The maximum absolute atomic E-state index is 12.2. The summed E-state index contributed by atoms with van der Waals surface area (Å²) in [4.78, 5) is 29.5. The number of amides is 1. The topological polar surface area (TPSA) is 59.5 Å². The predicted molar refractivity (Wildman–Crippen MR) is 92.4 cm³/mol. The molecule has 0 aliphatic carbocycles. The quantitative estimate of drug-likeness (QED) is 0.617. The minimum absolute atomic E-state index is 0.0337. The van der Waals surface area contributed by atoms with Crippen LogP contribution in [0, 0.1) is 0 Å². The van der Waals surface area contributed by atoms with E-state index >= 15 is 0 Å². The number of pyridine rings is 1. The average molecular weight is 342 g/mol. The largest absolute Gasteiger partial charge is 0.427 e. The Hall–Kier alpha value is -2.34. The van der Waals surface area contributed by atoms with Crippen molar-refractivity contribution < 1.29 is 14.3 Å². The first-order valence-electron chi connectivity index (χ1n) is 7.78. The van der Waals surface area contributed by atoms with Crippen LogP contribution in [0.2, 0.25) is 0 Å². The van der Waals surface area contributed by atoms with Crippen LogP contribution in [-0.4, -0.2) is 27.5 Å². The number of rotatable bonds is 5. The van der Waals surface area contributed by atoms with Crippen LogP contribution in [0.25, 0.3) is 0 Å². The SMILES string of the molecule is CCC(=O)Oc1ccc(C2SCC(=O)N2Cc2cccnc2)cc1. The number of carbonyl (C=O) groups excluding carboxylic acids is 2. The lowest BCUT2D eigenvalue weighted by atomic mass is 10.2. The Morgan fingerprint density at radius 2 is 2.12 bits per heavy atom. The number of hydrogen-bond acceptors (Lipinski definition) is 5. The molecule has 124 valence electrons. The molecule has 0 bridgehead atoms. The van der Waals surface area contributed by atoms with Gasteiger partial charge in [0.25, 0.3) is 0 Å². The average Bonchev–Trinajstić information content (AvgIpc) is 2.97. The van der Waals surface area contributed by atoms with Gasteiger partial charge in [-0.1, -0.05) is 25.1 Å². The number of thioether (sulfide) groups is 1. The van der Waals surface area contributed by atoms with Crippen molar-refractivity contribution in [2.45, 2.75) is 25.3 Å². The van der Waals surface area contributed by atoms with Gasteiger partial charge in [-0.05, 0) is 29.3 Å². The van der Waals surface area contributed by atoms with E-state index in [-0.39, 0.29) is 17.3 Å². The van der Waals surface area contributed by atoms with Crippen molar-refractivity contribution in [2.24, 2.45) is 0 Å². The first-order valence-corrected chi connectivity index (χ1v) is 8.83. The van der Waals surface area contributed by atoms with Crippen LogP contribution in [-0.2, 0) is 16.1 Å². The monoisotopic (exact) mass is 342 g/mol. The van der Waals surface area contributed by atoms with E-state index in [1.807, 2.05) is 29.2 Å². The third-order valence-electron chi connectivity index (χ3n) is 3.73. The van der Waals surface area contributed by atoms with Crippen molar-refractivity contribution in [2.75, 3.05) is 5.75 Å². The van der Waals surface area contributed by atoms with E-state index in [0.29, 0.717) is 24.5 Å². The zero-order chi connectivity index (χ0) is 16.9. The van der Waals surface area contributed by atoms with E-state index in [1.165, 1.54) is 0 Å². The lowest BCUT2D eigenvalue weighted by molar-refractivity contribution is -0.134. The molecule has 1 atom stereocenters. The number of carbonyl (C=O) groups is 2. The Balaban J connectivity index is 1.74. The molecule has 2 aromatic rings. The Morgan fingerprint density at radius 3 is 2.79 bits per heavy atom. The van der Waals surface area contributed by atoms with Gasteiger partial charge < -0.3 is 9.64 Å². The summed E-state index contributed by atoms with van der Waals surface area (Å²) < 4.78 is 5.19. The van der Waals surface area contributed by atoms with Crippen LogP contribution < -0.4 is 4.74 Å². The summed E-state index contributed by atoms with van der Waals surface area (Å²) in [6.07, 6.45) is 3.84. The molecule has 0 radical (unpaired) electrons. The number of esters is 1. The van der Waals surface area contributed by atoms with Gasteiger partial charge in [0, 0.05) is 25.4 Å². The van der Waals surface area contributed by atoms with E-state index in [1.54, 1.807) is 43.2 Å². The molecule has 6 heteroatoms. The molecule has 1 aliphatic rings. The van der Waals surface area contributed by atoms with Crippen LogP contribution in [0.3, 0.4) is 0 Å². The predicted octanol–water partition coefficient (Wildman–Crippen LogP) is 3.17. The van der Waals surface area contributed by atoms with Crippen molar-refractivity contribution in [1.29, 1.82) is 0 Å². The molecule has 1 aromatic carbocycles. The van der Waals surface area contributed by atoms with Gasteiger partial charge in [0.2, 0.25) is 5.91 Å². The van der Waals surface area contributed by atoms with Crippen LogP contribution in [0.15, 0.2) is 48.8 Å². The van der Waals surface area contributed by atoms with Gasteiger partial charge in [0.1, 0.15) is 11.1 Å². The molecule has 1 amide bonds. The molecule has 2 heterocycles. The number of hydrogen-bond donors (Lipinski definition) is 0. The molecule has 0 spiro atoms. The summed E-state index contributed by atoms with van der Waals surface area (Å²) in [7, 11) is 0. The summed E-state index contributed by atoms with van der Waals surface area (Å²) in [5.74, 6) is 0.859. The van der Waals surface area contributed by atoms with Crippen molar-refractivity contribution in [1.82, 2.24) is 9.88 Å². The highest BCUT2D eigenvalue weighted by atomic mass is 32.2. The third-order valence-corrected chi connectivity index (χ3v) is 4.99. The highest BCUT2D eigenvalue weighted by Crippen LogP contribution is 2.39. The maximum Gasteiger partial charge on any atom is 0.310 e. The zero-order valence-electron chi connectivity index (χ0n) is 13.3. The normalized spacial score (nSPS) is 17.1. The third kappa shape index (κ3) is 3.76. The summed E-state index contributed by atoms with van der Waals surface area (Å²) in [6.45, 7) is 2.30. The molecule has 0 saturated carbocycles. The highest BCUT2D eigenvalue weighted by molar-refractivity contribution is 8.00. The first kappa shape index (κ1) is 16.5. The molecule has 1 aromatic heterocycles. The van der Waals surface area contributed by atoms with Gasteiger partial charge >= 0.3 is 5.97 Å². The number of benzene rings is 1. The van der Waals surface area contributed by atoms with Gasteiger partial charge in [-0.3, -0.25) is 14.6 Å². The van der Waals surface area contributed by atoms with E-state index < -0.39 is 0 Å². The smallest absolute Gasteiger partial charge is 0.310 e. The molecule has 3 rings (SSSR count). The summed E-state index contributed by atoms with van der Waals surface area (Å²) in [5.41, 5.74) is 2.03. The van der Waals surface area contributed by atoms with E-state index in [9.17, 15) is 9.59 Å². The van der Waals surface area contributed by atoms with Crippen molar-refractivity contribution in [3.8, 4) is 5.75 Å². The number of ether oxygens (including phenoxy) is 1. The number of nitrogens with zero attached hydrogens (tertiary/aromatic N) is 2. The van der Waals surface area contributed by atoms with Crippen molar-refractivity contribution in [3.63, 3.8) is 0 Å². The van der Waals surface area contributed by atoms with Gasteiger partial charge in [0.15, 0.2) is 0 Å². The molecular weight excluding hydrogens is 324 g/mol. The fourth-order valence-electron chi connectivity index (χ4n) is 2.49. The number of aromatic nitrogens is 1. The highest BCUT2D eigenvalue weighted by Gasteiger charge is 2.32. The van der Waals surface area contributed by atoms with Crippen LogP contribution in [0.1, 0.15) is 29.8 Å². The first-order chi connectivity index (χ1) is 11.7. The lowest BCUT2D eigenvalue weighted by Crippen LogP contribution is -2.27. The van der Waals surface area contributed by atoms with E-state index in [2.05, 4.69) is 4.98 Å². The molecule has 1 fully saturated rings. The van der Waals surface area contributed by atoms with Gasteiger partial charge in [-0.25, -0.2) is 0 Å². The second-order valence-electron chi connectivity index (χ2n) is 5.44. The Labute approximate surface area is 145 Å². The molecular formula is C18H18N2O3S. The Kier molecular flexibility index (Phi) is 5.15. The second-order valence-corrected chi connectivity index (χ2v) is 6.51. The molecule has 1 saturated heterocycles. The van der Waals surface area contributed by atoms with Gasteiger partial charge in [-0.15, -0.1) is 11.8 Å². The molecule has 24 heavy (non-hydrogen) atoms. The van der Waals surface area contributed by atoms with Crippen molar-refractivity contribution >= 4 is 23.6 Å². The standard InChI is InChI=1S/C18H18N2O3S/c1-2-17(22)23-15-7-5-14(6-8-15)18-20(16(21)12-24-18)11-13-4-3-9-19-10-13/h3-10,18H,2,11-12H2,1H3. The molecule has 1 aliphatic heterocycles. The van der Waals surface area contributed by atoms with Crippen LogP contribution in [0.5, 0.6) is 5.75 Å². The fourth-order valence-corrected chi connectivity index (χ4v) is 3.68. The summed E-state index contributed by atoms with van der Waals surface area (Å²) in [5, 5.41) is -0.0337. The molecule has 1 unspecified atom stereocenters. The van der Waals surface area contributed by atoms with Crippen LogP contribution in [0.4, 0.5) is 0 Å². The van der Waals surface area contributed by atoms with E-state index in [4.69, 9.17) is 4.74 Å². The van der Waals surface area contributed by atoms with E-state index in [0.717, 1.165) is 11.1 Å². The minimum Gasteiger partial charge on any atom is -0.427 e. The molecule has 5 nitrogen and oxygen atoms in total.